The molecule has 0 fully saturated rings. The molecule has 1 aliphatic rings. The lowest BCUT2D eigenvalue weighted by molar-refractivity contribution is -0.117. The second kappa shape index (κ2) is 8.90. The predicted octanol–water partition coefficient (Wildman–Crippen LogP) is 5.72. The fourth-order valence-electron chi connectivity index (χ4n) is 4.27. The summed E-state index contributed by atoms with van der Waals surface area (Å²) in [5, 5.41) is 12.2. The number of thiazole rings is 2. The maximum atomic E-state index is 13.7. The molecule has 0 radical (unpaired) electrons. The van der Waals surface area contributed by atoms with Gasteiger partial charge < -0.3 is 9.84 Å². The number of ether oxygens (including phenoxy) is 1. The van der Waals surface area contributed by atoms with E-state index in [-0.39, 0.29) is 5.57 Å². The lowest BCUT2D eigenvalue weighted by Gasteiger charge is -2.24. The lowest BCUT2D eigenvalue weighted by atomic mass is 9.94. The third-order valence-electron chi connectivity index (χ3n) is 6.06. The van der Waals surface area contributed by atoms with E-state index in [4.69, 9.17) is 4.74 Å². The zero-order valence-corrected chi connectivity index (χ0v) is 21.3. The van der Waals surface area contributed by atoms with E-state index in [1.807, 2.05) is 43.3 Å². The number of nitrogens with zero attached hydrogens (tertiary/aromatic N) is 3. The molecule has 1 aliphatic heterocycles. The van der Waals surface area contributed by atoms with Crippen molar-refractivity contribution in [3.05, 3.63) is 80.5 Å². The molecule has 0 saturated carbocycles. The summed E-state index contributed by atoms with van der Waals surface area (Å²) < 4.78 is 6.15. The van der Waals surface area contributed by atoms with Gasteiger partial charge in [0.05, 0.1) is 44.5 Å². The number of aliphatic hydroxyl groups is 1. The highest BCUT2D eigenvalue weighted by Crippen LogP contribution is 2.45. The Hall–Kier alpha value is -3.56. The molecular weight excluding hydrogens is 482 g/mol. The van der Waals surface area contributed by atoms with Gasteiger partial charge in [-0.15, -0.1) is 11.3 Å². The van der Waals surface area contributed by atoms with Crippen molar-refractivity contribution in [1.29, 1.82) is 0 Å². The number of carbonyl (C=O) groups is 2. The van der Waals surface area contributed by atoms with Crippen LogP contribution in [-0.4, -0.2) is 33.9 Å². The normalized spacial score (nSPS) is 15.9. The van der Waals surface area contributed by atoms with Crippen LogP contribution >= 0.6 is 22.7 Å². The van der Waals surface area contributed by atoms with Crippen molar-refractivity contribution in [3.63, 3.8) is 0 Å². The first-order valence-electron chi connectivity index (χ1n) is 11.1. The number of ketones is 1. The second-order valence-corrected chi connectivity index (χ2v) is 10.5. The highest BCUT2D eigenvalue weighted by Gasteiger charge is 2.46. The van der Waals surface area contributed by atoms with Crippen molar-refractivity contribution < 1.29 is 19.4 Å². The fourth-order valence-corrected chi connectivity index (χ4v) is 6.17. The summed E-state index contributed by atoms with van der Waals surface area (Å²) in [6, 6.07) is 12.4. The van der Waals surface area contributed by atoms with Gasteiger partial charge in [0, 0.05) is 0 Å². The number of aryl methyl sites for hydroxylation is 3. The summed E-state index contributed by atoms with van der Waals surface area (Å²) in [6.45, 7) is 5.64. The van der Waals surface area contributed by atoms with Gasteiger partial charge in [0.1, 0.15) is 5.75 Å². The third kappa shape index (κ3) is 3.90. The fraction of sp³-hybridized carbons (Fsp3) is 0.231. The quantitative estimate of drug-likeness (QED) is 0.337. The summed E-state index contributed by atoms with van der Waals surface area (Å²) in [7, 11) is 1.59. The summed E-state index contributed by atoms with van der Waals surface area (Å²) in [6.07, 6.45) is 0.861. The first-order valence-corrected chi connectivity index (χ1v) is 12.7. The van der Waals surface area contributed by atoms with Gasteiger partial charge in [0.25, 0.3) is 5.91 Å². The molecule has 0 saturated heterocycles. The summed E-state index contributed by atoms with van der Waals surface area (Å²) in [4.78, 5) is 38.0. The van der Waals surface area contributed by atoms with Crippen LogP contribution in [0.25, 0.3) is 10.2 Å². The van der Waals surface area contributed by atoms with Crippen molar-refractivity contribution in [3.8, 4) is 5.75 Å². The standard InChI is InChI=1S/C26H23N3O4S2/c1-5-15-6-8-16(9-7-15)21-20(22(30)24-13(2)27-14(3)34-24)23(31)25(32)29(21)26-28-18-11-10-17(33-4)12-19(18)35-26/h6-12,21,31H,5H2,1-4H3. The van der Waals surface area contributed by atoms with Crippen LogP contribution in [-0.2, 0) is 11.2 Å². The van der Waals surface area contributed by atoms with Gasteiger partial charge in [-0.1, -0.05) is 42.5 Å². The molecule has 7 nitrogen and oxygen atoms in total. The van der Waals surface area contributed by atoms with Gasteiger partial charge >= 0.3 is 0 Å². The molecule has 2 aromatic carbocycles. The molecule has 0 spiro atoms. The third-order valence-corrected chi connectivity index (χ3v) is 8.15. The Balaban J connectivity index is 1.67. The summed E-state index contributed by atoms with van der Waals surface area (Å²) in [5.41, 5.74) is 3.18. The van der Waals surface area contributed by atoms with Crippen molar-refractivity contribution in [2.45, 2.75) is 33.2 Å². The minimum atomic E-state index is -0.815. The Morgan fingerprint density at radius 1 is 1.11 bits per heavy atom. The van der Waals surface area contributed by atoms with Crippen LogP contribution < -0.4 is 9.64 Å². The van der Waals surface area contributed by atoms with Crippen LogP contribution in [0.4, 0.5) is 5.13 Å². The largest absolute Gasteiger partial charge is 0.503 e. The van der Waals surface area contributed by atoms with Gasteiger partial charge in [-0.3, -0.25) is 14.5 Å². The van der Waals surface area contributed by atoms with Crippen LogP contribution in [0, 0.1) is 13.8 Å². The van der Waals surface area contributed by atoms with E-state index in [0.29, 0.717) is 27.0 Å². The van der Waals surface area contributed by atoms with Crippen molar-refractivity contribution in [2.24, 2.45) is 0 Å². The number of benzene rings is 2. The molecule has 0 aliphatic carbocycles. The number of Topliss-reactive ketones (excluding diaryl/α,β-unsaturated/α-hetero) is 1. The van der Waals surface area contributed by atoms with Gasteiger partial charge in [-0.25, -0.2) is 9.97 Å². The smallest absolute Gasteiger partial charge is 0.296 e. The van der Waals surface area contributed by atoms with Gasteiger partial charge in [0.2, 0.25) is 5.78 Å². The Morgan fingerprint density at radius 3 is 2.49 bits per heavy atom. The van der Waals surface area contributed by atoms with Gasteiger partial charge in [0.15, 0.2) is 10.9 Å². The molecule has 5 rings (SSSR count). The predicted molar refractivity (Wildman–Crippen MR) is 138 cm³/mol. The lowest BCUT2D eigenvalue weighted by Crippen LogP contribution is -2.31. The Labute approximate surface area is 210 Å². The molecule has 1 N–H and O–H groups in total. The maximum absolute atomic E-state index is 13.7. The first kappa shape index (κ1) is 23.2. The second-order valence-electron chi connectivity index (χ2n) is 8.24. The number of rotatable bonds is 6. The van der Waals surface area contributed by atoms with Gasteiger partial charge in [-0.2, -0.15) is 0 Å². The van der Waals surface area contributed by atoms with Crippen LogP contribution in [0.2, 0.25) is 0 Å². The number of aliphatic hydroxyl groups excluding tert-OH is 1. The average Bonchev–Trinajstić information content (AvgIpc) is 3.51. The molecule has 9 heteroatoms. The molecule has 1 unspecified atom stereocenters. The van der Waals surface area contributed by atoms with Gasteiger partial charge in [-0.05, 0) is 49.6 Å². The Kier molecular flexibility index (Phi) is 5.90. The molecule has 178 valence electrons. The maximum Gasteiger partial charge on any atom is 0.296 e. The van der Waals surface area contributed by atoms with E-state index >= 15 is 0 Å². The van der Waals surface area contributed by atoms with E-state index in [1.165, 1.54) is 27.6 Å². The summed E-state index contributed by atoms with van der Waals surface area (Å²) in [5.74, 6) is -0.918. The SMILES string of the molecule is CCc1ccc(C2C(C(=O)c3sc(C)nc3C)=C(O)C(=O)N2c2nc3ccc(OC)cc3s2)cc1. The molecule has 2 aromatic heterocycles. The zero-order chi connectivity index (χ0) is 24.9. The molecular formula is C26H23N3O4S2. The van der Waals surface area contributed by atoms with Crippen molar-refractivity contribution in [1.82, 2.24) is 9.97 Å². The monoisotopic (exact) mass is 505 g/mol. The van der Waals surface area contributed by atoms with E-state index < -0.39 is 23.5 Å². The van der Waals surface area contributed by atoms with E-state index in [2.05, 4.69) is 16.9 Å². The van der Waals surface area contributed by atoms with E-state index in [1.54, 1.807) is 20.1 Å². The highest BCUT2D eigenvalue weighted by molar-refractivity contribution is 7.22. The number of fused-ring (bicyclic) bond motifs is 1. The molecule has 3 heterocycles. The molecule has 4 aromatic rings. The number of hydrogen-bond donors (Lipinski definition) is 1. The number of hydrogen-bond acceptors (Lipinski definition) is 8. The minimum absolute atomic E-state index is 0.0443. The number of amides is 1. The van der Waals surface area contributed by atoms with Crippen LogP contribution in [0.1, 0.15) is 44.5 Å². The number of anilines is 1. The molecule has 0 bridgehead atoms. The number of methoxy groups -OCH3 is 1. The first-order chi connectivity index (χ1) is 16.8. The Morgan fingerprint density at radius 2 is 1.86 bits per heavy atom. The molecule has 35 heavy (non-hydrogen) atoms. The number of carbonyl (C=O) groups excluding carboxylic acids is 2. The van der Waals surface area contributed by atoms with Crippen LogP contribution in [0.3, 0.4) is 0 Å². The van der Waals surface area contributed by atoms with Crippen molar-refractivity contribution in [2.75, 3.05) is 12.0 Å². The van der Waals surface area contributed by atoms with Crippen LogP contribution in [0.15, 0.2) is 53.8 Å². The Bertz CT molecular complexity index is 1500. The van der Waals surface area contributed by atoms with Crippen LogP contribution in [0.5, 0.6) is 5.75 Å². The molecule has 1 amide bonds. The summed E-state index contributed by atoms with van der Waals surface area (Å²) >= 11 is 2.57. The van der Waals surface area contributed by atoms with E-state index in [0.717, 1.165) is 27.3 Å². The molecule has 1 atom stereocenters. The average molecular weight is 506 g/mol. The topological polar surface area (TPSA) is 92.6 Å². The zero-order valence-electron chi connectivity index (χ0n) is 19.7. The van der Waals surface area contributed by atoms with E-state index in [9.17, 15) is 14.7 Å². The minimum Gasteiger partial charge on any atom is -0.503 e. The number of aromatic nitrogens is 2. The highest BCUT2D eigenvalue weighted by atomic mass is 32.1. The van der Waals surface area contributed by atoms with Crippen molar-refractivity contribution >= 4 is 49.7 Å².